The standard InChI is InChI=1S/C16H22Cl2N2O/c17-14-6-5-12(15(18)9-14)7-8-20-16(21)13-3-1-11(10-19)2-4-13/h5-6,9,11,13H,1-4,7-8,10,19H2,(H,20,21). The quantitative estimate of drug-likeness (QED) is 0.870. The fourth-order valence-corrected chi connectivity index (χ4v) is 3.35. The van der Waals surface area contributed by atoms with Crippen molar-refractivity contribution in [3.63, 3.8) is 0 Å². The number of nitrogens with one attached hydrogen (secondary N) is 1. The predicted molar refractivity (Wildman–Crippen MR) is 87.7 cm³/mol. The van der Waals surface area contributed by atoms with Crippen molar-refractivity contribution in [2.24, 2.45) is 17.6 Å². The highest BCUT2D eigenvalue weighted by atomic mass is 35.5. The maximum absolute atomic E-state index is 12.1. The molecule has 21 heavy (non-hydrogen) atoms. The van der Waals surface area contributed by atoms with Gasteiger partial charge in [-0.3, -0.25) is 4.79 Å². The lowest BCUT2D eigenvalue weighted by Gasteiger charge is -2.26. The Hall–Kier alpha value is -0.770. The zero-order valence-corrected chi connectivity index (χ0v) is 13.6. The van der Waals surface area contributed by atoms with Crippen LogP contribution in [0.1, 0.15) is 31.2 Å². The van der Waals surface area contributed by atoms with E-state index in [1.54, 1.807) is 6.07 Å². The first kappa shape index (κ1) is 16.6. The van der Waals surface area contributed by atoms with Gasteiger partial charge in [0, 0.05) is 22.5 Å². The van der Waals surface area contributed by atoms with Crippen molar-refractivity contribution >= 4 is 29.1 Å². The van der Waals surface area contributed by atoms with Gasteiger partial charge in [0.2, 0.25) is 5.91 Å². The summed E-state index contributed by atoms with van der Waals surface area (Å²) in [6.45, 7) is 1.35. The van der Waals surface area contributed by atoms with Crippen molar-refractivity contribution in [3.05, 3.63) is 33.8 Å². The molecule has 0 spiro atoms. The first-order valence-corrected chi connectivity index (χ1v) is 8.27. The van der Waals surface area contributed by atoms with Gasteiger partial charge in [-0.2, -0.15) is 0 Å². The lowest BCUT2D eigenvalue weighted by molar-refractivity contribution is -0.126. The van der Waals surface area contributed by atoms with Gasteiger partial charge in [-0.1, -0.05) is 29.3 Å². The monoisotopic (exact) mass is 328 g/mol. The number of hydrogen-bond acceptors (Lipinski definition) is 2. The van der Waals surface area contributed by atoms with Crippen LogP contribution < -0.4 is 11.1 Å². The Morgan fingerprint density at radius 2 is 1.95 bits per heavy atom. The highest BCUT2D eigenvalue weighted by Gasteiger charge is 2.25. The van der Waals surface area contributed by atoms with E-state index >= 15 is 0 Å². The molecule has 0 aliphatic heterocycles. The molecule has 2 rings (SSSR count). The molecule has 3 N–H and O–H groups in total. The second-order valence-electron chi connectivity index (χ2n) is 5.73. The number of benzene rings is 1. The fraction of sp³-hybridized carbons (Fsp3) is 0.562. The summed E-state index contributed by atoms with van der Waals surface area (Å²) in [5.74, 6) is 0.908. The highest BCUT2D eigenvalue weighted by molar-refractivity contribution is 6.35. The predicted octanol–water partition coefficient (Wildman–Crippen LogP) is 3.42. The Morgan fingerprint density at radius 1 is 1.24 bits per heavy atom. The summed E-state index contributed by atoms with van der Waals surface area (Å²) in [6.07, 6.45) is 4.76. The third-order valence-electron chi connectivity index (χ3n) is 4.26. The van der Waals surface area contributed by atoms with Crippen LogP contribution in [0.25, 0.3) is 0 Å². The van der Waals surface area contributed by atoms with E-state index in [1.165, 1.54) is 0 Å². The van der Waals surface area contributed by atoms with Gasteiger partial charge in [0.1, 0.15) is 0 Å². The van der Waals surface area contributed by atoms with Gasteiger partial charge < -0.3 is 11.1 Å². The topological polar surface area (TPSA) is 55.1 Å². The molecule has 3 nitrogen and oxygen atoms in total. The largest absolute Gasteiger partial charge is 0.356 e. The van der Waals surface area contributed by atoms with Crippen molar-refractivity contribution in [1.29, 1.82) is 0 Å². The third-order valence-corrected chi connectivity index (χ3v) is 4.85. The molecule has 0 radical (unpaired) electrons. The Bertz CT molecular complexity index is 485. The summed E-state index contributed by atoms with van der Waals surface area (Å²) in [6, 6.07) is 5.45. The zero-order valence-electron chi connectivity index (χ0n) is 12.1. The normalized spacial score (nSPS) is 22.0. The lowest BCUT2D eigenvalue weighted by Crippen LogP contribution is -2.35. The number of rotatable bonds is 5. The van der Waals surface area contributed by atoms with Crippen molar-refractivity contribution < 1.29 is 4.79 Å². The van der Waals surface area contributed by atoms with E-state index in [0.29, 0.717) is 22.5 Å². The first-order chi connectivity index (χ1) is 10.1. The summed E-state index contributed by atoms with van der Waals surface area (Å²) < 4.78 is 0. The van der Waals surface area contributed by atoms with E-state index in [4.69, 9.17) is 28.9 Å². The van der Waals surface area contributed by atoms with E-state index in [9.17, 15) is 4.79 Å². The minimum atomic E-state index is 0.147. The van der Waals surface area contributed by atoms with Gasteiger partial charge in [-0.25, -0.2) is 0 Å². The van der Waals surface area contributed by atoms with Crippen LogP contribution in [0.5, 0.6) is 0 Å². The molecule has 0 atom stereocenters. The summed E-state index contributed by atoms with van der Waals surface area (Å²) in [4.78, 5) is 12.1. The number of hydrogen-bond donors (Lipinski definition) is 2. The van der Waals surface area contributed by atoms with Crippen molar-refractivity contribution in [2.75, 3.05) is 13.1 Å². The number of amides is 1. The van der Waals surface area contributed by atoms with Crippen LogP contribution in [0.15, 0.2) is 18.2 Å². The SMILES string of the molecule is NCC1CCC(C(=O)NCCc2ccc(Cl)cc2Cl)CC1. The molecule has 0 heterocycles. The molecule has 1 fully saturated rings. The molecule has 0 aromatic heterocycles. The maximum atomic E-state index is 12.1. The average molecular weight is 329 g/mol. The summed E-state index contributed by atoms with van der Waals surface area (Å²) >= 11 is 12.0. The third kappa shape index (κ3) is 4.87. The molecular weight excluding hydrogens is 307 g/mol. The van der Waals surface area contributed by atoms with Crippen LogP contribution in [0.4, 0.5) is 0 Å². The molecular formula is C16H22Cl2N2O. The molecule has 0 bridgehead atoms. The molecule has 0 unspecified atom stereocenters. The van der Waals surface area contributed by atoms with E-state index in [1.807, 2.05) is 12.1 Å². The number of carbonyl (C=O) groups is 1. The summed E-state index contributed by atoms with van der Waals surface area (Å²) in [7, 11) is 0. The molecule has 1 saturated carbocycles. The zero-order chi connectivity index (χ0) is 15.2. The molecule has 5 heteroatoms. The minimum Gasteiger partial charge on any atom is -0.356 e. The van der Waals surface area contributed by atoms with Crippen LogP contribution in [0.2, 0.25) is 10.0 Å². The molecule has 0 saturated heterocycles. The first-order valence-electron chi connectivity index (χ1n) is 7.52. The van der Waals surface area contributed by atoms with Crippen LogP contribution in [-0.2, 0) is 11.2 Å². The number of carbonyl (C=O) groups excluding carboxylic acids is 1. The number of halogens is 2. The van der Waals surface area contributed by atoms with Gasteiger partial charge in [-0.05, 0) is 62.3 Å². The Kier molecular flexibility index (Phi) is 6.34. The molecule has 1 aromatic carbocycles. The van der Waals surface area contributed by atoms with Crippen molar-refractivity contribution in [2.45, 2.75) is 32.1 Å². The van der Waals surface area contributed by atoms with Crippen LogP contribution >= 0.6 is 23.2 Å². The summed E-state index contributed by atoms with van der Waals surface area (Å²) in [5, 5.41) is 4.30. The van der Waals surface area contributed by atoms with Gasteiger partial charge in [0.05, 0.1) is 0 Å². The minimum absolute atomic E-state index is 0.147. The molecule has 1 aliphatic rings. The van der Waals surface area contributed by atoms with E-state index in [-0.39, 0.29) is 11.8 Å². The smallest absolute Gasteiger partial charge is 0.223 e. The van der Waals surface area contributed by atoms with Gasteiger partial charge in [0.15, 0.2) is 0 Å². The van der Waals surface area contributed by atoms with Crippen molar-refractivity contribution in [1.82, 2.24) is 5.32 Å². The van der Waals surface area contributed by atoms with E-state index < -0.39 is 0 Å². The Labute approximate surface area is 136 Å². The molecule has 1 aromatic rings. The highest BCUT2D eigenvalue weighted by Crippen LogP contribution is 2.28. The lowest BCUT2D eigenvalue weighted by atomic mass is 9.81. The Morgan fingerprint density at radius 3 is 2.57 bits per heavy atom. The van der Waals surface area contributed by atoms with Gasteiger partial charge >= 0.3 is 0 Å². The van der Waals surface area contributed by atoms with E-state index in [2.05, 4.69) is 5.32 Å². The second-order valence-corrected chi connectivity index (χ2v) is 6.57. The van der Waals surface area contributed by atoms with Gasteiger partial charge in [-0.15, -0.1) is 0 Å². The van der Waals surface area contributed by atoms with Crippen LogP contribution in [-0.4, -0.2) is 19.0 Å². The Balaban J connectivity index is 1.74. The maximum Gasteiger partial charge on any atom is 0.223 e. The molecule has 1 amide bonds. The average Bonchev–Trinajstić information content (AvgIpc) is 2.49. The second kappa shape index (κ2) is 8.02. The van der Waals surface area contributed by atoms with Crippen LogP contribution in [0, 0.1) is 11.8 Å². The van der Waals surface area contributed by atoms with Crippen LogP contribution in [0.3, 0.4) is 0 Å². The van der Waals surface area contributed by atoms with Crippen molar-refractivity contribution in [3.8, 4) is 0 Å². The summed E-state index contributed by atoms with van der Waals surface area (Å²) in [5.41, 5.74) is 6.68. The van der Waals surface area contributed by atoms with E-state index in [0.717, 1.165) is 44.2 Å². The number of nitrogens with two attached hydrogens (primary N) is 1. The fourth-order valence-electron chi connectivity index (χ4n) is 2.85. The molecule has 116 valence electrons. The van der Waals surface area contributed by atoms with Gasteiger partial charge in [0.25, 0.3) is 0 Å². The molecule has 1 aliphatic carbocycles.